The highest BCUT2D eigenvalue weighted by atomic mass is 35.5. The Balaban J connectivity index is 1.54. The minimum absolute atomic E-state index is 0.0312. The normalized spacial score (nSPS) is 19.2. The summed E-state index contributed by atoms with van der Waals surface area (Å²) in [5.41, 5.74) is 1.09. The summed E-state index contributed by atoms with van der Waals surface area (Å²) in [5, 5.41) is 7.70. The first kappa shape index (κ1) is 23.6. The van der Waals surface area contributed by atoms with Gasteiger partial charge in [0.05, 0.1) is 10.6 Å². The fraction of sp³-hybridized carbons (Fsp3) is 0.333. The van der Waals surface area contributed by atoms with E-state index in [1.165, 1.54) is 11.8 Å². The summed E-state index contributed by atoms with van der Waals surface area (Å²) in [6.07, 6.45) is 0. The molecule has 1 heterocycles. The second-order valence-corrected chi connectivity index (χ2v) is 11.1. The zero-order valence-corrected chi connectivity index (χ0v) is 19.5. The summed E-state index contributed by atoms with van der Waals surface area (Å²) >= 11 is 6.99. The fourth-order valence-electron chi connectivity index (χ4n) is 3.03. The highest BCUT2D eigenvalue weighted by Gasteiger charge is 2.38. The number of nitrogens with one attached hydrogen (secondary N) is 3. The SMILES string of the molecule is CC(C)c1ccc(S(=O)(=O)C2CNC(SCC(=O)Nc3ccc(Cl)cc3)NC2=O)cc1. The molecular formula is C21H24ClN3O4S2. The van der Waals surface area contributed by atoms with E-state index in [1.807, 2.05) is 13.8 Å². The fourth-order valence-corrected chi connectivity index (χ4v) is 5.47. The zero-order chi connectivity index (χ0) is 22.6. The number of amides is 2. The van der Waals surface area contributed by atoms with Crippen LogP contribution in [0.25, 0.3) is 0 Å². The summed E-state index contributed by atoms with van der Waals surface area (Å²) in [4.78, 5) is 24.7. The molecule has 2 unspecified atom stereocenters. The summed E-state index contributed by atoms with van der Waals surface area (Å²) in [6.45, 7) is 4.02. The largest absolute Gasteiger partial charge is 0.331 e. The molecule has 2 atom stereocenters. The number of sulfone groups is 1. The molecule has 2 aromatic carbocycles. The van der Waals surface area contributed by atoms with Gasteiger partial charge in [0.2, 0.25) is 11.8 Å². The molecule has 0 spiro atoms. The summed E-state index contributed by atoms with van der Waals surface area (Å²) in [5.74, 6) is -0.467. The van der Waals surface area contributed by atoms with Crippen LogP contribution in [-0.4, -0.2) is 43.3 Å². The van der Waals surface area contributed by atoms with Gasteiger partial charge in [0, 0.05) is 17.3 Å². The van der Waals surface area contributed by atoms with Gasteiger partial charge >= 0.3 is 0 Å². The molecule has 3 N–H and O–H groups in total. The Morgan fingerprint density at radius 3 is 2.39 bits per heavy atom. The molecule has 1 fully saturated rings. The molecule has 1 aliphatic rings. The van der Waals surface area contributed by atoms with Gasteiger partial charge in [-0.05, 0) is 47.9 Å². The molecule has 0 bridgehead atoms. The van der Waals surface area contributed by atoms with Crippen LogP contribution in [-0.2, 0) is 19.4 Å². The van der Waals surface area contributed by atoms with Crippen molar-refractivity contribution in [3.63, 3.8) is 0 Å². The van der Waals surface area contributed by atoms with Crippen molar-refractivity contribution in [1.82, 2.24) is 10.6 Å². The molecule has 3 rings (SSSR count). The highest BCUT2D eigenvalue weighted by molar-refractivity contribution is 8.00. The average molecular weight is 482 g/mol. The van der Waals surface area contributed by atoms with Crippen molar-refractivity contribution in [2.24, 2.45) is 0 Å². The van der Waals surface area contributed by atoms with Crippen molar-refractivity contribution in [3.05, 3.63) is 59.1 Å². The van der Waals surface area contributed by atoms with Crippen LogP contribution < -0.4 is 16.0 Å². The Hall–Kier alpha value is -2.07. The third-order valence-corrected chi connectivity index (χ3v) is 8.17. The van der Waals surface area contributed by atoms with Crippen LogP contribution in [0.5, 0.6) is 0 Å². The number of halogens is 1. The van der Waals surface area contributed by atoms with E-state index in [-0.39, 0.29) is 29.0 Å². The minimum atomic E-state index is -3.83. The molecule has 2 aromatic rings. The van der Waals surface area contributed by atoms with E-state index in [0.29, 0.717) is 10.7 Å². The van der Waals surface area contributed by atoms with Crippen LogP contribution in [0.15, 0.2) is 53.4 Å². The monoisotopic (exact) mass is 481 g/mol. The Morgan fingerprint density at radius 1 is 1.16 bits per heavy atom. The van der Waals surface area contributed by atoms with Crippen LogP contribution >= 0.6 is 23.4 Å². The highest BCUT2D eigenvalue weighted by Crippen LogP contribution is 2.23. The first-order valence-corrected chi connectivity index (χ1v) is 12.7. The molecule has 1 saturated heterocycles. The van der Waals surface area contributed by atoms with Gasteiger partial charge in [0.1, 0.15) is 5.50 Å². The van der Waals surface area contributed by atoms with E-state index in [9.17, 15) is 18.0 Å². The smallest absolute Gasteiger partial charge is 0.241 e. The van der Waals surface area contributed by atoms with E-state index in [0.717, 1.165) is 5.56 Å². The summed E-state index contributed by atoms with van der Waals surface area (Å²) < 4.78 is 25.8. The van der Waals surface area contributed by atoms with Gasteiger partial charge in [-0.1, -0.05) is 37.6 Å². The maximum Gasteiger partial charge on any atom is 0.241 e. The van der Waals surface area contributed by atoms with Gasteiger partial charge in [-0.3, -0.25) is 14.9 Å². The molecule has 1 aliphatic heterocycles. The molecule has 0 saturated carbocycles. The molecule has 0 aliphatic carbocycles. The van der Waals surface area contributed by atoms with E-state index >= 15 is 0 Å². The average Bonchev–Trinajstić information content (AvgIpc) is 2.74. The quantitative estimate of drug-likeness (QED) is 0.561. The predicted molar refractivity (Wildman–Crippen MR) is 124 cm³/mol. The van der Waals surface area contributed by atoms with Crippen molar-refractivity contribution in [3.8, 4) is 0 Å². The molecule has 0 aromatic heterocycles. The maximum atomic E-state index is 12.9. The maximum absolute atomic E-state index is 12.9. The van der Waals surface area contributed by atoms with Crippen LogP contribution in [0, 0.1) is 0 Å². The lowest BCUT2D eigenvalue weighted by Gasteiger charge is -2.29. The summed E-state index contributed by atoms with van der Waals surface area (Å²) in [6, 6.07) is 13.3. The molecule has 7 nitrogen and oxygen atoms in total. The lowest BCUT2D eigenvalue weighted by molar-refractivity contribution is -0.122. The Kier molecular flexibility index (Phi) is 7.64. The van der Waals surface area contributed by atoms with Gasteiger partial charge in [0.15, 0.2) is 15.1 Å². The van der Waals surface area contributed by atoms with E-state index in [2.05, 4.69) is 16.0 Å². The second kappa shape index (κ2) is 10.0. The van der Waals surface area contributed by atoms with Crippen LogP contribution in [0.4, 0.5) is 5.69 Å². The van der Waals surface area contributed by atoms with Gasteiger partial charge in [-0.2, -0.15) is 0 Å². The predicted octanol–water partition coefficient (Wildman–Crippen LogP) is 2.98. The zero-order valence-electron chi connectivity index (χ0n) is 17.1. The summed E-state index contributed by atoms with van der Waals surface area (Å²) in [7, 11) is -3.83. The lowest BCUT2D eigenvalue weighted by atomic mass is 10.0. The van der Waals surface area contributed by atoms with Gasteiger partial charge < -0.3 is 10.6 Å². The van der Waals surface area contributed by atoms with Crippen molar-refractivity contribution >= 4 is 50.7 Å². The van der Waals surface area contributed by atoms with Crippen molar-refractivity contribution < 1.29 is 18.0 Å². The standard InChI is InChI=1S/C21H24ClN3O4S2/c1-13(2)14-3-9-17(10-4-14)31(28,29)18-11-23-21(25-20(18)27)30-12-19(26)24-16-7-5-15(22)6-8-16/h3-10,13,18,21,23H,11-12H2,1-2H3,(H,24,26)(H,25,27). The first-order chi connectivity index (χ1) is 14.7. The van der Waals surface area contributed by atoms with Gasteiger partial charge in [0.25, 0.3) is 0 Å². The molecule has 0 radical (unpaired) electrons. The molecular weight excluding hydrogens is 458 g/mol. The third kappa shape index (κ3) is 6.00. The second-order valence-electron chi connectivity index (χ2n) is 7.42. The number of hydrogen-bond acceptors (Lipinski definition) is 6. The van der Waals surface area contributed by atoms with Crippen molar-refractivity contribution in [2.75, 3.05) is 17.6 Å². The van der Waals surface area contributed by atoms with E-state index < -0.39 is 26.5 Å². The van der Waals surface area contributed by atoms with Crippen molar-refractivity contribution in [2.45, 2.75) is 35.4 Å². The van der Waals surface area contributed by atoms with Crippen molar-refractivity contribution in [1.29, 1.82) is 0 Å². The van der Waals surface area contributed by atoms with Gasteiger partial charge in [-0.25, -0.2) is 8.42 Å². The molecule has 2 amide bonds. The first-order valence-electron chi connectivity index (χ1n) is 9.71. The number of rotatable bonds is 7. The number of anilines is 1. The molecule has 10 heteroatoms. The third-order valence-electron chi connectivity index (χ3n) is 4.81. The topological polar surface area (TPSA) is 104 Å². The molecule has 166 valence electrons. The van der Waals surface area contributed by atoms with Crippen LogP contribution in [0.2, 0.25) is 5.02 Å². The van der Waals surface area contributed by atoms with E-state index in [4.69, 9.17) is 11.6 Å². The van der Waals surface area contributed by atoms with Gasteiger partial charge in [-0.15, -0.1) is 11.8 Å². The number of carbonyl (C=O) groups is 2. The van der Waals surface area contributed by atoms with E-state index in [1.54, 1.807) is 48.5 Å². The Labute approximate surface area is 191 Å². The van der Waals surface area contributed by atoms with Crippen LogP contribution in [0.1, 0.15) is 25.3 Å². The Morgan fingerprint density at radius 2 is 1.81 bits per heavy atom. The van der Waals surface area contributed by atoms with Crippen LogP contribution in [0.3, 0.4) is 0 Å². The Bertz CT molecular complexity index is 1040. The number of thioether (sulfide) groups is 1. The number of hydrogen-bond donors (Lipinski definition) is 3. The number of carbonyl (C=O) groups excluding carboxylic acids is 2. The minimum Gasteiger partial charge on any atom is -0.331 e. The molecule has 31 heavy (non-hydrogen) atoms. The number of benzene rings is 2. The lowest BCUT2D eigenvalue weighted by Crippen LogP contribution is -2.59.